The first-order chi connectivity index (χ1) is 12.1. The van der Waals surface area contributed by atoms with E-state index < -0.39 is 26.7 Å². The number of hydrogen-bond acceptors (Lipinski definition) is 5. The van der Waals surface area contributed by atoms with Crippen LogP contribution in [0.3, 0.4) is 0 Å². The van der Waals surface area contributed by atoms with Gasteiger partial charge in [-0.25, -0.2) is 13.1 Å². The quantitative estimate of drug-likeness (QED) is 0.589. The van der Waals surface area contributed by atoms with Crippen molar-refractivity contribution in [1.29, 1.82) is 0 Å². The highest BCUT2D eigenvalue weighted by Crippen LogP contribution is 2.27. The molecule has 0 aromatic heterocycles. The first-order valence-electron chi connectivity index (χ1n) is 8.05. The molecule has 0 saturated carbocycles. The maximum atomic E-state index is 12.7. The molecule has 8 heteroatoms. The Balaban J connectivity index is 2.28. The van der Waals surface area contributed by atoms with E-state index in [4.69, 9.17) is 4.74 Å². The van der Waals surface area contributed by atoms with E-state index in [1.165, 1.54) is 12.1 Å². The Bertz CT molecular complexity index is 925. The fourth-order valence-electron chi connectivity index (χ4n) is 2.66. The molecule has 2 aromatic rings. The standard InChI is InChI=1S/C18H22N2O5S/c1-12-8-17(20(21)22)18(9-13(12)2)26(23,24)19-14(3)10-15-6-5-7-16(11-15)25-4/h5-9,11,14,19H,10H2,1-4H3. The minimum Gasteiger partial charge on any atom is -0.497 e. The molecule has 26 heavy (non-hydrogen) atoms. The van der Waals surface area contributed by atoms with Gasteiger partial charge < -0.3 is 4.74 Å². The van der Waals surface area contributed by atoms with E-state index in [0.717, 1.165) is 5.56 Å². The first-order valence-corrected chi connectivity index (χ1v) is 9.53. The molecule has 0 aliphatic rings. The van der Waals surface area contributed by atoms with Gasteiger partial charge in [0.1, 0.15) is 5.75 Å². The molecule has 140 valence electrons. The normalized spacial score (nSPS) is 12.6. The summed E-state index contributed by atoms with van der Waals surface area (Å²) in [5, 5.41) is 11.3. The summed E-state index contributed by atoms with van der Waals surface area (Å²) in [6, 6.07) is 9.49. The van der Waals surface area contributed by atoms with Gasteiger partial charge >= 0.3 is 0 Å². The summed E-state index contributed by atoms with van der Waals surface area (Å²) in [7, 11) is -2.47. The molecular formula is C18H22N2O5S. The number of nitrogens with zero attached hydrogens (tertiary/aromatic N) is 1. The van der Waals surface area contributed by atoms with Crippen LogP contribution >= 0.6 is 0 Å². The molecule has 1 unspecified atom stereocenters. The van der Waals surface area contributed by atoms with Crippen molar-refractivity contribution in [3.63, 3.8) is 0 Å². The number of nitro benzene ring substituents is 1. The molecular weight excluding hydrogens is 356 g/mol. The van der Waals surface area contributed by atoms with Crippen LogP contribution in [0.25, 0.3) is 0 Å². The van der Waals surface area contributed by atoms with Gasteiger partial charge in [-0.05, 0) is 62.1 Å². The summed E-state index contributed by atoms with van der Waals surface area (Å²) in [6.45, 7) is 5.14. The largest absolute Gasteiger partial charge is 0.497 e. The smallest absolute Gasteiger partial charge is 0.289 e. The third-order valence-corrected chi connectivity index (χ3v) is 5.71. The minimum atomic E-state index is -4.03. The molecule has 0 aliphatic heterocycles. The van der Waals surface area contributed by atoms with Crippen LogP contribution in [0.15, 0.2) is 41.3 Å². The Morgan fingerprint density at radius 1 is 1.19 bits per heavy atom. The lowest BCUT2D eigenvalue weighted by Crippen LogP contribution is -2.34. The first kappa shape index (κ1) is 19.9. The SMILES string of the molecule is COc1cccc(CC(C)NS(=O)(=O)c2cc(C)c(C)cc2[N+](=O)[O-])c1. The van der Waals surface area contributed by atoms with Gasteiger partial charge in [0.15, 0.2) is 4.90 Å². The third-order valence-electron chi connectivity index (χ3n) is 4.09. The molecule has 0 radical (unpaired) electrons. The topological polar surface area (TPSA) is 98.5 Å². The van der Waals surface area contributed by atoms with Crippen LogP contribution < -0.4 is 9.46 Å². The Morgan fingerprint density at radius 2 is 1.85 bits per heavy atom. The lowest BCUT2D eigenvalue weighted by atomic mass is 10.1. The average molecular weight is 378 g/mol. The molecule has 2 aromatic carbocycles. The van der Waals surface area contributed by atoms with Gasteiger partial charge in [-0.1, -0.05) is 12.1 Å². The molecule has 0 bridgehead atoms. The van der Waals surface area contributed by atoms with E-state index in [-0.39, 0.29) is 4.90 Å². The van der Waals surface area contributed by atoms with E-state index in [1.807, 2.05) is 18.2 Å². The molecule has 0 fully saturated rings. The third kappa shape index (κ3) is 4.59. The Labute approximate surface area is 153 Å². The van der Waals surface area contributed by atoms with E-state index in [1.54, 1.807) is 33.9 Å². The highest BCUT2D eigenvalue weighted by molar-refractivity contribution is 7.89. The van der Waals surface area contributed by atoms with Crippen molar-refractivity contribution >= 4 is 15.7 Å². The molecule has 7 nitrogen and oxygen atoms in total. The average Bonchev–Trinajstić information content (AvgIpc) is 2.56. The lowest BCUT2D eigenvalue weighted by Gasteiger charge is -2.15. The fourth-order valence-corrected chi connectivity index (χ4v) is 4.14. The molecule has 0 heterocycles. The number of hydrogen-bond donors (Lipinski definition) is 1. The van der Waals surface area contributed by atoms with Crippen LogP contribution in [0.4, 0.5) is 5.69 Å². The molecule has 1 atom stereocenters. The van der Waals surface area contributed by atoms with Gasteiger partial charge in [-0.15, -0.1) is 0 Å². The Morgan fingerprint density at radius 3 is 2.46 bits per heavy atom. The number of methoxy groups -OCH3 is 1. The highest BCUT2D eigenvalue weighted by atomic mass is 32.2. The number of nitrogens with one attached hydrogen (secondary N) is 1. The van der Waals surface area contributed by atoms with E-state index >= 15 is 0 Å². The zero-order valence-electron chi connectivity index (χ0n) is 15.1. The molecule has 0 amide bonds. The maximum Gasteiger partial charge on any atom is 0.289 e. The number of sulfonamides is 1. The Hall–Kier alpha value is -2.45. The van der Waals surface area contributed by atoms with E-state index in [2.05, 4.69) is 4.72 Å². The predicted molar refractivity (Wildman–Crippen MR) is 99.1 cm³/mol. The summed E-state index contributed by atoms with van der Waals surface area (Å²) >= 11 is 0. The van der Waals surface area contributed by atoms with Crippen molar-refractivity contribution in [3.8, 4) is 5.75 Å². The van der Waals surface area contributed by atoms with Crippen molar-refractivity contribution in [3.05, 3.63) is 63.2 Å². The van der Waals surface area contributed by atoms with Crippen LogP contribution in [0, 0.1) is 24.0 Å². The second kappa shape index (κ2) is 7.84. The van der Waals surface area contributed by atoms with E-state index in [9.17, 15) is 18.5 Å². The second-order valence-corrected chi connectivity index (χ2v) is 7.92. The number of benzene rings is 2. The molecule has 0 spiro atoms. The second-order valence-electron chi connectivity index (χ2n) is 6.24. The molecule has 0 saturated heterocycles. The number of aryl methyl sites for hydroxylation is 2. The van der Waals surface area contributed by atoms with Gasteiger partial charge in [0.05, 0.1) is 12.0 Å². The summed E-state index contributed by atoms with van der Waals surface area (Å²) in [4.78, 5) is 10.3. The summed E-state index contributed by atoms with van der Waals surface area (Å²) < 4.78 is 33.1. The number of ether oxygens (including phenoxy) is 1. The summed E-state index contributed by atoms with van der Waals surface area (Å²) in [6.07, 6.45) is 0.426. The number of rotatable bonds is 7. The van der Waals surface area contributed by atoms with Crippen LogP contribution in [0.2, 0.25) is 0 Å². The predicted octanol–water partition coefficient (Wildman–Crippen LogP) is 3.13. The van der Waals surface area contributed by atoms with Crippen molar-refractivity contribution < 1.29 is 18.1 Å². The summed E-state index contributed by atoms with van der Waals surface area (Å²) in [5.41, 5.74) is 1.82. The van der Waals surface area contributed by atoms with Crippen molar-refractivity contribution in [2.45, 2.75) is 38.1 Å². The maximum absolute atomic E-state index is 12.7. The van der Waals surface area contributed by atoms with Gasteiger partial charge in [-0.2, -0.15) is 0 Å². The number of nitro groups is 1. The van der Waals surface area contributed by atoms with E-state index in [0.29, 0.717) is 23.3 Å². The van der Waals surface area contributed by atoms with Crippen LogP contribution in [0.1, 0.15) is 23.6 Å². The lowest BCUT2D eigenvalue weighted by molar-refractivity contribution is -0.387. The zero-order chi connectivity index (χ0) is 19.5. The van der Waals surface area contributed by atoms with Crippen molar-refractivity contribution in [1.82, 2.24) is 4.72 Å². The van der Waals surface area contributed by atoms with Crippen molar-refractivity contribution in [2.75, 3.05) is 7.11 Å². The highest BCUT2D eigenvalue weighted by Gasteiger charge is 2.28. The van der Waals surface area contributed by atoms with Gasteiger partial charge in [0.25, 0.3) is 5.69 Å². The van der Waals surface area contributed by atoms with Gasteiger partial charge in [-0.3, -0.25) is 10.1 Å². The molecule has 0 aliphatic carbocycles. The van der Waals surface area contributed by atoms with Crippen LogP contribution in [-0.4, -0.2) is 26.5 Å². The summed E-state index contributed by atoms with van der Waals surface area (Å²) in [5.74, 6) is 0.683. The molecule has 1 N–H and O–H groups in total. The minimum absolute atomic E-state index is 0.317. The Kier molecular flexibility index (Phi) is 5.99. The van der Waals surface area contributed by atoms with Crippen LogP contribution in [-0.2, 0) is 16.4 Å². The van der Waals surface area contributed by atoms with Gasteiger partial charge in [0, 0.05) is 12.1 Å². The van der Waals surface area contributed by atoms with Crippen LogP contribution in [0.5, 0.6) is 5.75 Å². The zero-order valence-corrected chi connectivity index (χ0v) is 16.0. The molecule has 2 rings (SSSR count). The fraction of sp³-hybridized carbons (Fsp3) is 0.333. The van der Waals surface area contributed by atoms with Crippen molar-refractivity contribution in [2.24, 2.45) is 0 Å². The van der Waals surface area contributed by atoms with Gasteiger partial charge in [0.2, 0.25) is 10.0 Å². The monoisotopic (exact) mass is 378 g/mol.